The molecule has 1 aromatic carbocycles. The fourth-order valence-electron chi connectivity index (χ4n) is 2.39. The van der Waals surface area contributed by atoms with E-state index in [1.807, 2.05) is 24.3 Å². The molecule has 24 heavy (non-hydrogen) atoms. The first kappa shape index (κ1) is 14.9. The quantitative estimate of drug-likeness (QED) is 0.738. The summed E-state index contributed by atoms with van der Waals surface area (Å²) in [5.74, 6) is -0.548. The first-order valence-electron chi connectivity index (χ1n) is 7.37. The average Bonchev–Trinajstić information content (AvgIpc) is 3.21. The average molecular weight is 342 g/mol. The highest BCUT2D eigenvalue weighted by atomic mass is 32.1. The molecule has 7 nitrogen and oxygen atoms in total. The fraction of sp³-hybridized carbons (Fsp3) is 0.188. The molecular formula is C16H14N4O3S. The Balaban J connectivity index is 1.69. The van der Waals surface area contributed by atoms with Crippen LogP contribution in [0.3, 0.4) is 0 Å². The molecule has 8 heteroatoms. The van der Waals surface area contributed by atoms with Crippen LogP contribution < -0.4 is 11.1 Å². The molecule has 1 amide bonds. The zero-order valence-electron chi connectivity index (χ0n) is 12.6. The summed E-state index contributed by atoms with van der Waals surface area (Å²) in [6.45, 7) is 1.24. The molecule has 1 aliphatic rings. The maximum atomic E-state index is 11.7. The number of thiazole rings is 1. The molecule has 0 bridgehead atoms. The van der Waals surface area contributed by atoms with Gasteiger partial charge in [-0.1, -0.05) is 34.7 Å². The number of benzene rings is 1. The smallest absolute Gasteiger partial charge is 0.270 e. The number of nitrogens with zero attached hydrogens (tertiary/aromatic N) is 2. The van der Waals surface area contributed by atoms with Gasteiger partial charge in [-0.3, -0.25) is 4.79 Å². The fourth-order valence-corrected chi connectivity index (χ4v) is 3.43. The van der Waals surface area contributed by atoms with Crippen molar-refractivity contribution < 1.29 is 14.1 Å². The van der Waals surface area contributed by atoms with Crippen molar-refractivity contribution in [3.05, 3.63) is 42.3 Å². The van der Waals surface area contributed by atoms with Crippen molar-refractivity contribution in [2.75, 3.05) is 18.5 Å². The van der Waals surface area contributed by atoms with Crippen molar-refractivity contribution in [3.8, 4) is 21.8 Å². The summed E-state index contributed by atoms with van der Waals surface area (Å²) in [6.07, 6.45) is 1.53. The first-order chi connectivity index (χ1) is 11.7. The Morgan fingerprint density at radius 1 is 1.29 bits per heavy atom. The van der Waals surface area contributed by atoms with Gasteiger partial charge in [0.25, 0.3) is 5.91 Å². The minimum Gasteiger partial charge on any atom is -0.377 e. The molecular weight excluding hydrogens is 328 g/mol. The third kappa shape index (κ3) is 2.77. The molecule has 0 spiro atoms. The minimum atomic E-state index is -0.548. The van der Waals surface area contributed by atoms with Gasteiger partial charge in [-0.25, -0.2) is 4.98 Å². The molecule has 0 atom stereocenters. The molecule has 3 aromatic rings. The summed E-state index contributed by atoms with van der Waals surface area (Å²) in [5, 5.41) is 8.60. The van der Waals surface area contributed by atoms with Crippen LogP contribution in [0.15, 0.2) is 41.1 Å². The molecule has 1 aliphatic heterocycles. The van der Waals surface area contributed by atoms with Crippen molar-refractivity contribution >= 4 is 22.2 Å². The number of ether oxygens (including phenoxy) is 1. The van der Waals surface area contributed by atoms with E-state index in [1.165, 1.54) is 17.6 Å². The standard InChI is InChI=1S/C16H14N4O3S/c17-14(21)13-16(18-11-7-22-8-11)24-15(19-13)10-3-1-2-9(6-10)12-4-5-23-20-12/h1-6,11,18H,7-8H2,(H2,17,21). The van der Waals surface area contributed by atoms with E-state index in [0.29, 0.717) is 18.2 Å². The van der Waals surface area contributed by atoms with Gasteiger partial charge in [-0.2, -0.15) is 0 Å². The number of aromatic nitrogens is 2. The largest absolute Gasteiger partial charge is 0.377 e. The van der Waals surface area contributed by atoms with Crippen LogP contribution >= 0.6 is 11.3 Å². The third-order valence-corrected chi connectivity index (χ3v) is 4.71. The zero-order valence-corrected chi connectivity index (χ0v) is 13.4. The second-order valence-electron chi connectivity index (χ2n) is 5.41. The van der Waals surface area contributed by atoms with Crippen LogP contribution in [-0.2, 0) is 4.74 Å². The van der Waals surface area contributed by atoms with Crippen LogP contribution in [0.1, 0.15) is 10.5 Å². The van der Waals surface area contributed by atoms with E-state index in [1.54, 1.807) is 6.07 Å². The Kier molecular flexibility index (Phi) is 3.75. The Morgan fingerprint density at radius 3 is 2.79 bits per heavy atom. The number of amides is 1. The molecule has 1 saturated heterocycles. The van der Waals surface area contributed by atoms with Gasteiger partial charge in [0, 0.05) is 17.2 Å². The molecule has 122 valence electrons. The van der Waals surface area contributed by atoms with Crippen molar-refractivity contribution in [2.45, 2.75) is 6.04 Å². The molecule has 0 saturated carbocycles. The number of hydrogen-bond acceptors (Lipinski definition) is 7. The van der Waals surface area contributed by atoms with Crippen LogP contribution in [0, 0.1) is 0 Å². The van der Waals surface area contributed by atoms with E-state index in [0.717, 1.165) is 21.8 Å². The van der Waals surface area contributed by atoms with Gasteiger partial charge >= 0.3 is 0 Å². The van der Waals surface area contributed by atoms with E-state index in [-0.39, 0.29) is 11.7 Å². The summed E-state index contributed by atoms with van der Waals surface area (Å²) in [5.41, 5.74) is 8.27. The van der Waals surface area contributed by atoms with E-state index >= 15 is 0 Å². The number of carbonyl (C=O) groups excluding carboxylic acids is 1. The molecule has 4 rings (SSSR count). The number of rotatable bonds is 5. The summed E-state index contributed by atoms with van der Waals surface area (Å²) < 4.78 is 10.0. The van der Waals surface area contributed by atoms with Gasteiger partial charge < -0.3 is 20.3 Å². The van der Waals surface area contributed by atoms with Crippen molar-refractivity contribution in [2.24, 2.45) is 5.73 Å². The predicted octanol–water partition coefficient (Wildman–Crippen LogP) is 2.37. The van der Waals surface area contributed by atoms with Crippen molar-refractivity contribution in [3.63, 3.8) is 0 Å². The van der Waals surface area contributed by atoms with Crippen LogP contribution in [0.5, 0.6) is 0 Å². The molecule has 0 unspecified atom stereocenters. The van der Waals surface area contributed by atoms with Gasteiger partial charge in [0.1, 0.15) is 22.0 Å². The Hall–Kier alpha value is -2.71. The lowest BCUT2D eigenvalue weighted by molar-refractivity contribution is 0.0212. The summed E-state index contributed by atoms with van der Waals surface area (Å²) in [4.78, 5) is 16.1. The highest BCUT2D eigenvalue weighted by Crippen LogP contribution is 2.34. The van der Waals surface area contributed by atoms with E-state index in [2.05, 4.69) is 15.5 Å². The SMILES string of the molecule is NC(=O)c1nc(-c2cccc(-c3ccon3)c2)sc1NC1COC1. The van der Waals surface area contributed by atoms with E-state index in [9.17, 15) is 4.79 Å². The van der Waals surface area contributed by atoms with E-state index in [4.69, 9.17) is 15.0 Å². The van der Waals surface area contributed by atoms with Gasteiger partial charge in [0.05, 0.1) is 19.3 Å². The number of nitrogens with two attached hydrogens (primary N) is 1. The highest BCUT2D eigenvalue weighted by Gasteiger charge is 2.23. The lowest BCUT2D eigenvalue weighted by Gasteiger charge is -2.27. The normalized spacial score (nSPS) is 14.3. The number of nitrogens with one attached hydrogen (secondary N) is 1. The molecule has 2 aromatic heterocycles. The van der Waals surface area contributed by atoms with Gasteiger partial charge in [0.15, 0.2) is 5.69 Å². The Bertz CT molecular complexity index is 871. The maximum Gasteiger partial charge on any atom is 0.270 e. The van der Waals surface area contributed by atoms with Crippen LogP contribution in [0.25, 0.3) is 21.8 Å². The van der Waals surface area contributed by atoms with Crippen LogP contribution in [0.4, 0.5) is 5.00 Å². The van der Waals surface area contributed by atoms with Gasteiger partial charge in [-0.15, -0.1) is 0 Å². The molecule has 0 aliphatic carbocycles. The second kappa shape index (κ2) is 6.06. The van der Waals surface area contributed by atoms with E-state index < -0.39 is 5.91 Å². The number of anilines is 1. The second-order valence-corrected chi connectivity index (χ2v) is 6.40. The van der Waals surface area contributed by atoms with Crippen LogP contribution in [-0.4, -0.2) is 35.3 Å². The summed E-state index contributed by atoms with van der Waals surface area (Å²) >= 11 is 1.40. The zero-order chi connectivity index (χ0) is 16.5. The first-order valence-corrected chi connectivity index (χ1v) is 8.18. The Morgan fingerprint density at radius 2 is 2.12 bits per heavy atom. The van der Waals surface area contributed by atoms with Gasteiger partial charge in [-0.05, 0) is 6.07 Å². The number of hydrogen-bond donors (Lipinski definition) is 2. The molecule has 3 heterocycles. The Labute approximate surface area is 141 Å². The summed E-state index contributed by atoms with van der Waals surface area (Å²) in [7, 11) is 0. The lowest BCUT2D eigenvalue weighted by atomic mass is 10.1. The highest BCUT2D eigenvalue weighted by molar-refractivity contribution is 7.19. The molecule has 0 radical (unpaired) electrons. The van der Waals surface area contributed by atoms with Crippen molar-refractivity contribution in [1.29, 1.82) is 0 Å². The van der Waals surface area contributed by atoms with Crippen molar-refractivity contribution in [1.82, 2.24) is 10.1 Å². The number of primary amides is 1. The monoisotopic (exact) mass is 342 g/mol. The van der Waals surface area contributed by atoms with Gasteiger partial charge in [0.2, 0.25) is 0 Å². The maximum absolute atomic E-state index is 11.7. The number of carbonyl (C=O) groups is 1. The predicted molar refractivity (Wildman–Crippen MR) is 89.8 cm³/mol. The minimum absolute atomic E-state index is 0.192. The molecule has 1 fully saturated rings. The molecule has 3 N–H and O–H groups in total. The summed E-state index contributed by atoms with van der Waals surface area (Å²) in [6, 6.07) is 9.73. The van der Waals surface area contributed by atoms with Crippen LogP contribution in [0.2, 0.25) is 0 Å². The topological polar surface area (TPSA) is 103 Å². The lowest BCUT2D eigenvalue weighted by Crippen LogP contribution is -2.40. The third-order valence-electron chi connectivity index (χ3n) is 3.68.